The third-order valence-corrected chi connectivity index (χ3v) is 20.9. The Morgan fingerprint density at radius 1 is 0.255 bits per heavy atom. The number of hydrogen-bond donors (Lipinski definition) is 0. The lowest BCUT2D eigenvalue weighted by Gasteiger charge is -2.29. The van der Waals surface area contributed by atoms with Crippen molar-refractivity contribution in [1.82, 2.24) is 43.6 Å². The van der Waals surface area contributed by atoms with Gasteiger partial charge in [0, 0.05) is 99.4 Å². The maximum Gasteiger partial charge on any atom is 0.104 e. The molecule has 0 unspecified atom stereocenters. The molecule has 10 aromatic heterocycles. The first-order valence-corrected chi connectivity index (χ1v) is 34.8. The van der Waals surface area contributed by atoms with Gasteiger partial charge in [-0.2, -0.15) is 5.26 Å². The number of hydrogen-bond acceptors (Lipinski definition) is 8. The molecule has 0 aliphatic heterocycles. The number of benzene rings is 10. The number of pyridine rings is 6. The zero-order chi connectivity index (χ0) is 67.4. The number of aromatic nitrogens is 9. The molecule has 474 valence electrons. The molecule has 20 aromatic rings. The SMILES string of the molecule is N#Cc1c(-n2c3ccccc3c3ncccc32)c(-c2cc(-c3cc(-c4ccccc4)nc(-c4ccccc4)c3)nc(-c3cc(-c4ccccc4)nc(-c4ccccc4)c3)c2)c(-c2ccc3sc4ccccc4c3c2)c(-n2c3ccccc3c3ncccc32)c1-n1c2ccccc2c2ncccc21. The van der Waals surface area contributed by atoms with Crippen LogP contribution in [0.25, 0.3) is 193 Å². The van der Waals surface area contributed by atoms with E-state index in [1.54, 1.807) is 11.3 Å². The molecule has 0 N–H and O–H groups in total. The second kappa shape index (κ2) is 23.7. The van der Waals surface area contributed by atoms with Gasteiger partial charge in [-0.25, -0.2) is 15.0 Å². The highest BCUT2D eigenvalue weighted by atomic mass is 32.1. The summed E-state index contributed by atoms with van der Waals surface area (Å²) in [6, 6.07) is 111. The second-order valence-electron chi connectivity index (χ2n) is 25.6. The number of rotatable bonds is 11. The van der Waals surface area contributed by atoms with Gasteiger partial charge in [0.15, 0.2) is 0 Å². The lowest BCUT2D eigenvalue weighted by atomic mass is 9.85. The number of thiophene rings is 1. The van der Waals surface area contributed by atoms with Crippen LogP contribution in [-0.2, 0) is 0 Å². The molecule has 0 amide bonds. The van der Waals surface area contributed by atoms with Crippen molar-refractivity contribution >= 4 is 97.3 Å². The number of para-hydroxylation sites is 3. The van der Waals surface area contributed by atoms with Gasteiger partial charge in [0.25, 0.3) is 0 Å². The van der Waals surface area contributed by atoms with Crippen molar-refractivity contribution in [2.24, 2.45) is 0 Å². The highest BCUT2D eigenvalue weighted by Gasteiger charge is 2.35. The fourth-order valence-corrected chi connectivity index (χ4v) is 16.4. The van der Waals surface area contributed by atoms with E-state index in [0.29, 0.717) is 28.3 Å². The van der Waals surface area contributed by atoms with E-state index in [1.165, 1.54) is 4.70 Å². The maximum absolute atomic E-state index is 13.4. The Bertz CT molecular complexity index is 6410. The summed E-state index contributed by atoms with van der Waals surface area (Å²) in [6.07, 6.45) is 5.59. The topological polar surface area (TPSA) is 116 Å². The molecule has 10 heterocycles. The molecule has 10 nitrogen and oxygen atoms in total. The van der Waals surface area contributed by atoms with Gasteiger partial charge in [0.1, 0.15) is 11.6 Å². The fourth-order valence-electron chi connectivity index (χ4n) is 15.3. The molecule has 0 fully saturated rings. The number of fused-ring (bicyclic) bond motifs is 12. The Labute approximate surface area is 588 Å². The van der Waals surface area contributed by atoms with Crippen molar-refractivity contribution in [1.29, 1.82) is 5.26 Å². The molecule has 0 radical (unpaired) electrons. The van der Waals surface area contributed by atoms with E-state index in [9.17, 15) is 5.26 Å². The minimum absolute atomic E-state index is 0.404. The summed E-state index contributed by atoms with van der Waals surface area (Å²) in [5.41, 5.74) is 23.4. The van der Waals surface area contributed by atoms with Crippen LogP contribution in [0.1, 0.15) is 5.56 Å². The second-order valence-corrected chi connectivity index (χ2v) is 26.7. The maximum atomic E-state index is 13.4. The molecule has 20 rings (SSSR count). The molecular weight excluding hydrogens is 1270 g/mol. The molecule has 102 heavy (non-hydrogen) atoms. The van der Waals surface area contributed by atoms with E-state index >= 15 is 0 Å². The third-order valence-electron chi connectivity index (χ3n) is 19.8. The Morgan fingerprint density at radius 3 is 1.02 bits per heavy atom. The van der Waals surface area contributed by atoms with Crippen LogP contribution in [0.15, 0.2) is 328 Å². The molecule has 0 spiro atoms. The molecular formula is C91H54N10S. The van der Waals surface area contributed by atoms with E-state index in [-0.39, 0.29) is 0 Å². The first kappa shape index (κ1) is 58.4. The fraction of sp³-hybridized carbons (Fsp3) is 0. The van der Waals surface area contributed by atoms with Crippen molar-refractivity contribution in [3.8, 4) is 113 Å². The molecule has 10 aromatic carbocycles. The van der Waals surface area contributed by atoms with Gasteiger partial charge in [0.05, 0.1) is 101 Å². The third kappa shape index (κ3) is 9.39. The van der Waals surface area contributed by atoms with Gasteiger partial charge >= 0.3 is 0 Å². The lowest BCUT2D eigenvalue weighted by Crippen LogP contribution is -2.14. The Hall–Kier alpha value is -13.8. The van der Waals surface area contributed by atoms with E-state index in [2.05, 4.69) is 287 Å². The average Bonchev–Trinajstić information content (AvgIpc) is 1.45. The summed E-state index contributed by atoms with van der Waals surface area (Å²) in [4.78, 5) is 32.5. The van der Waals surface area contributed by atoms with Crippen molar-refractivity contribution in [2.75, 3.05) is 0 Å². The molecule has 0 saturated carbocycles. The summed E-state index contributed by atoms with van der Waals surface area (Å²) in [5.74, 6) is 0. The van der Waals surface area contributed by atoms with Crippen molar-refractivity contribution < 1.29 is 0 Å². The largest absolute Gasteiger partial charge is 0.306 e. The van der Waals surface area contributed by atoms with Crippen LogP contribution < -0.4 is 0 Å². The first-order valence-electron chi connectivity index (χ1n) is 34.0. The molecule has 0 bridgehead atoms. The van der Waals surface area contributed by atoms with Gasteiger partial charge in [-0.15, -0.1) is 11.3 Å². The van der Waals surface area contributed by atoms with Crippen LogP contribution in [0.4, 0.5) is 0 Å². The molecule has 0 aliphatic carbocycles. The van der Waals surface area contributed by atoms with Crippen LogP contribution in [-0.4, -0.2) is 43.6 Å². The molecule has 11 heteroatoms. The zero-order valence-corrected chi connectivity index (χ0v) is 55.4. The van der Waals surface area contributed by atoms with Gasteiger partial charge in [-0.3, -0.25) is 15.0 Å². The summed E-state index contributed by atoms with van der Waals surface area (Å²) in [6.45, 7) is 0. The van der Waals surface area contributed by atoms with E-state index in [0.717, 1.165) is 165 Å². The summed E-state index contributed by atoms with van der Waals surface area (Å²) < 4.78 is 9.32. The minimum atomic E-state index is 0.404. The smallest absolute Gasteiger partial charge is 0.104 e. The van der Waals surface area contributed by atoms with E-state index < -0.39 is 0 Å². The van der Waals surface area contributed by atoms with Crippen LogP contribution in [0, 0.1) is 11.3 Å². The Kier molecular flexibility index (Phi) is 13.6. The van der Waals surface area contributed by atoms with E-state index in [1.807, 2.05) is 61.1 Å². The average molecular weight is 1320 g/mol. The highest BCUT2D eigenvalue weighted by molar-refractivity contribution is 7.25. The zero-order valence-electron chi connectivity index (χ0n) is 54.6. The molecule has 0 saturated heterocycles. The molecule has 0 atom stereocenters. The quantitative estimate of drug-likeness (QED) is 0.127. The van der Waals surface area contributed by atoms with Crippen molar-refractivity contribution in [3.05, 3.63) is 334 Å². The lowest BCUT2D eigenvalue weighted by molar-refractivity contribution is 1.07. The van der Waals surface area contributed by atoms with Crippen LogP contribution in [0.5, 0.6) is 0 Å². The Morgan fingerprint density at radius 2 is 0.588 bits per heavy atom. The first-order chi connectivity index (χ1) is 50.6. The van der Waals surface area contributed by atoms with Crippen LogP contribution in [0.3, 0.4) is 0 Å². The Balaban J connectivity index is 1.05. The minimum Gasteiger partial charge on any atom is -0.306 e. The summed E-state index contributed by atoms with van der Waals surface area (Å²) >= 11 is 1.79. The number of nitrogens with zero attached hydrogens (tertiary/aromatic N) is 10. The summed E-state index contributed by atoms with van der Waals surface area (Å²) in [5, 5.41) is 18.5. The van der Waals surface area contributed by atoms with Crippen LogP contribution >= 0.6 is 11.3 Å². The molecule has 0 aliphatic rings. The van der Waals surface area contributed by atoms with E-state index in [4.69, 9.17) is 29.9 Å². The normalized spacial score (nSPS) is 11.7. The van der Waals surface area contributed by atoms with Gasteiger partial charge in [-0.1, -0.05) is 200 Å². The predicted molar refractivity (Wildman–Crippen MR) is 417 cm³/mol. The van der Waals surface area contributed by atoms with Crippen LogP contribution in [0.2, 0.25) is 0 Å². The van der Waals surface area contributed by atoms with Gasteiger partial charge < -0.3 is 13.7 Å². The number of nitriles is 1. The van der Waals surface area contributed by atoms with Crippen molar-refractivity contribution in [2.45, 2.75) is 0 Å². The highest BCUT2D eigenvalue weighted by Crippen LogP contribution is 2.54. The monoisotopic (exact) mass is 1320 g/mol. The summed E-state index contributed by atoms with van der Waals surface area (Å²) in [7, 11) is 0. The predicted octanol–water partition coefficient (Wildman–Crippen LogP) is 22.9. The van der Waals surface area contributed by atoms with Gasteiger partial charge in [-0.05, 0) is 120 Å². The standard InChI is InChI=1S/C91H54N10S/c92-55-69-89(99-76-36-17-13-33-65(76)86-79(99)39-21-45-93-86)85(63-53-74(61-49-70(56-24-5-1-6-25-56)96-71(50-61)57-26-7-2-8-27-57)98-75(54-63)62-51-72(58-28-9-3-10-29-58)97-73(52-62)59-30-11-4-12-31-59)84(60-43-44-83-68(48-60)64-32-16-20-42-82(64)102-83)91(101-78-38-19-15-35-67(78)88-81(101)41-23-47-95-88)90(69)100-77-37-18-14-34-66(77)87-80(100)40-22-46-94-87/h1-54H. The van der Waals surface area contributed by atoms with Crippen molar-refractivity contribution in [3.63, 3.8) is 0 Å². The van der Waals surface area contributed by atoms with Gasteiger partial charge in [0.2, 0.25) is 0 Å².